The van der Waals surface area contributed by atoms with Crippen LogP contribution in [-0.2, 0) is 0 Å². The quantitative estimate of drug-likeness (QED) is 0.599. The van der Waals surface area contributed by atoms with Crippen molar-refractivity contribution in [2.24, 2.45) is 0 Å². The Bertz CT molecular complexity index is 985. The lowest BCUT2D eigenvalue weighted by Gasteiger charge is -2.20. The zero-order valence-corrected chi connectivity index (χ0v) is 13.8. The molecule has 0 saturated carbocycles. The summed E-state index contributed by atoms with van der Waals surface area (Å²) in [6, 6.07) is -0.240. The molecule has 3 rings (SSSR count). The summed E-state index contributed by atoms with van der Waals surface area (Å²) in [4.78, 5) is 19.2. The first-order chi connectivity index (χ1) is 12.6. The lowest BCUT2D eigenvalue weighted by atomic mass is 10.1. The monoisotopic (exact) mass is 383 g/mol. The van der Waals surface area contributed by atoms with Gasteiger partial charge in [0, 0.05) is 10.9 Å². The number of hydrogen-bond acceptors (Lipinski definition) is 5. The molecule has 2 heterocycles. The Morgan fingerprint density at radius 1 is 1.26 bits per heavy atom. The molecule has 11 heteroatoms. The highest BCUT2D eigenvalue weighted by molar-refractivity contribution is 5.89. The maximum Gasteiger partial charge on any atom is 0.416 e. The molecule has 0 aliphatic rings. The van der Waals surface area contributed by atoms with Gasteiger partial charge in [0.2, 0.25) is 5.95 Å². The van der Waals surface area contributed by atoms with Crippen molar-refractivity contribution >= 4 is 28.6 Å². The van der Waals surface area contributed by atoms with Crippen LogP contribution in [0.15, 0.2) is 35.0 Å². The summed E-state index contributed by atoms with van der Waals surface area (Å²) in [7, 11) is 0. The zero-order valence-electron chi connectivity index (χ0n) is 13.8. The number of nitrogens with one attached hydrogen (secondary N) is 2. The van der Waals surface area contributed by atoms with Gasteiger partial charge < -0.3 is 20.8 Å². The largest absolute Gasteiger partial charge is 0.458 e. The molecule has 7 nitrogen and oxygen atoms in total. The second kappa shape index (κ2) is 6.74. The van der Waals surface area contributed by atoms with Crippen LogP contribution < -0.4 is 16.4 Å². The van der Waals surface area contributed by atoms with Gasteiger partial charge in [0.25, 0.3) is 0 Å². The van der Waals surface area contributed by atoms with E-state index in [1.54, 1.807) is 5.32 Å². The highest BCUT2D eigenvalue weighted by Crippen LogP contribution is 2.38. The van der Waals surface area contributed by atoms with Crippen molar-refractivity contribution in [2.75, 3.05) is 11.1 Å². The van der Waals surface area contributed by atoms with Gasteiger partial charge in [0.15, 0.2) is 6.04 Å². The number of fused-ring (bicyclic) bond motifs is 1. The van der Waals surface area contributed by atoms with Gasteiger partial charge in [-0.3, -0.25) is 0 Å². The Balaban J connectivity index is 1.89. The Hall–Kier alpha value is -3.37. The minimum Gasteiger partial charge on any atom is -0.458 e. The molecule has 0 aliphatic carbocycles. The predicted molar refractivity (Wildman–Crippen MR) is 88.3 cm³/mol. The first kappa shape index (κ1) is 18.4. The van der Waals surface area contributed by atoms with Gasteiger partial charge in [-0.05, 0) is 25.1 Å². The lowest BCUT2D eigenvalue weighted by molar-refractivity contribution is -0.158. The smallest absolute Gasteiger partial charge is 0.416 e. The van der Waals surface area contributed by atoms with Crippen LogP contribution in [0.4, 0.5) is 34.0 Å². The number of anilines is 2. The molecule has 27 heavy (non-hydrogen) atoms. The summed E-state index contributed by atoms with van der Waals surface area (Å²) >= 11 is 0. The molecular formula is C16H13F4N5O2. The third kappa shape index (κ3) is 3.91. The minimum atomic E-state index is -4.86. The second-order valence-corrected chi connectivity index (χ2v) is 5.63. The van der Waals surface area contributed by atoms with E-state index in [0.717, 1.165) is 24.5 Å². The van der Waals surface area contributed by atoms with Crippen LogP contribution in [0.3, 0.4) is 0 Å². The molecule has 142 valence electrons. The number of nitrogens with two attached hydrogens (primary N) is 1. The lowest BCUT2D eigenvalue weighted by Crippen LogP contribution is -2.40. The van der Waals surface area contributed by atoms with Crippen molar-refractivity contribution in [2.45, 2.75) is 19.1 Å². The van der Waals surface area contributed by atoms with E-state index in [2.05, 4.69) is 15.3 Å². The summed E-state index contributed by atoms with van der Waals surface area (Å²) in [5.74, 6) is -1.21. The highest BCUT2D eigenvalue weighted by Gasteiger charge is 2.45. The van der Waals surface area contributed by atoms with Crippen LogP contribution in [0.5, 0.6) is 0 Å². The number of aryl methyl sites for hydroxylation is 1. The molecule has 0 saturated heterocycles. The number of alkyl halides is 3. The molecule has 0 aliphatic heterocycles. The molecular weight excluding hydrogens is 370 g/mol. The standard InChI is InChI=1S/C16H13F4N5O2/c1-7-10-4-8(17)2-3-11(10)27-12(7)13(16(18,19)20)25-15(26)24-9-5-22-14(21)23-6-9/h2-6,13H,1H3,(H2,21,22,23)(H2,24,25,26). The molecule has 0 bridgehead atoms. The number of benzene rings is 1. The Morgan fingerprint density at radius 3 is 2.56 bits per heavy atom. The number of hydrogen-bond donors (Lipinski definition) is 3. The average Bonchev–Trinajstić information content (AvgIpc) is 2.90. The van der Waals surface area contributed by atoms with Crippen molar-refractivity contribution in [3.63, 3.8) is 0 Å². The number of carbonyl (C=O) groups is 1. The van der Waals surface area contributed by atoms with Gasteiger partial charge in [0.05, 0.1) is 18.1 Å². The van der Waals surface area contributed by atoms with E-state index in [9.17, 15) is 22.4 Å². The number of rotatable bonds is 3. The molecule has 1 atom stereocenters. The normalized spacial score (nSPS) is 12.8. The van der Waals surface area contributed by atoms with Gasteiger partial charge in [-0.2, -0.15) is 13.2 Å². The van der Waals surface area contributed by atoms with Gasteiger partial charge in [-0.15, -0.1) is 0 Å². The van der Waals surface area contributed by atoms with E-state index in [1.165, 1.54) is 13.0 Å². The second-order valence-electron chi connectivity index (χ2n) is 5.63. The van der Waals surface area contributed by atoms with Gasteiger partial charge in [-0.25, -0.2) is 19.2 Å². The van der Waals surface area contributed by atoms with Crippen molar-refractivity contribution < 1.29 is 26.8 Å². The topological polar surface area (TPSA) is 106 Å². The fraction of sp³-hybridized carbons (Fsp3) is 0.188. The first-order valence-electron chi connectivity index (χ1n) is 7.55. The maximum absolute atomic E-state index is 13.5. The summed E-state index contributed by atoms with van der Waals surface area (Å²) in [5.41, 5.74) is 5.49. The Labute approximate surface area is 149 Å². The zero-order chi connectivity index (χ0) is 19.8. The fourth-order valence-electron chi connectivity index (χ4n) is 2.48. The van der Waals surface area contributed by atoms with Crippen LogP contribution in [-0.4, -0.2) is 22.2 Å². The van der Waals surface area contributed by atoms with Crippen molar-refractivity contribution in [3.8, 4) is 0 Å². The minimum absolute atomic E-state index is 0.0472. The molecule has 2 amide bonds. The number of urea groups is 1. The molecule has 1 aromatic carbocycles. The fourth-order valence-corrected chi connectivity index (χ4v) is 2.48. The van der Waals surface area contributed by atoms with Crippen molar-refractivity contribution in [1.82, 2.24) is 15.3 Å². The van der Waals surface area contributed by atoms with Crippen LogP contribution in [0.1, 0.15) is 17.4 Å². The summed E-state index contributed by atoms with van der Waals surface area (Å²) in [6.07, 6.45) is -2.58. The van der Waals surface area contributed by atoms with Gasteiger partial charge >= 0.3 is 12.2 Å². The number of nitrogen functional groups attached to an aromatic ring is 1. The maximum atomic E-state index is 13.5. The Morgan fingerprint density at radius 2 is 1.93 bits per heavy atom. The summed E-state index contributed by atoms with van der Waals surface area (Å²) in [5, 5.41) is 4.16. The Kier molecular flexibility index (Phi) is 4.60. The van der Waals surface area contributed by atoms with E-state index in [0.29, 0.717) is 0 Å². The van der Waals surface area contributed by atoms with E-state index in [-0.39, 0.29) is 28.2 Å². The van der Waals surface area contributed by atoms with Gasteiger partial charge in [-0.1, -0.05) is 0 Å². The van der Waals surface area contributed by atoms with Gasteiger partial charge in [0.1, 0.15) is 17.2 Å². The average molecular weight is 383 g/mol. The van der Waals surface area contributed by atoms with Crippen LogP contribution in [0.2, 0.25) is 0 Å². The van der Waals surface area contributed by atoms with E-state index >= 15 is 0 Å². The molecule has 3 aromatic rings. The third-order valence-corrected chi connectivity index (χ3v) is 3.73. The summed E-state index contributed by atoms with van der Waals surface area (Å²) < 4.78 is 59.2. The summed E-state index contributed by atoms with van der Waals surface area (Å²) in [6.45, 7) is 1.35. The molecule has 0 radical (unpaired) electrons. The number of furan rings is 1. The van der Waals surface area contributed by atoms with Crippen LogP contribution in [0, 0.1) is 12.7 Å². The van der Waals surface area contributed by atoms with Crippen molar-refractivity contribution in [1.29, 1.82) is 0 Å². The van der Waals surface area contributed by atoms with Crippen LogP contribution >= 0.6 is 0 Å². The molecule has 1 unspecified atom stereocenters. The highest BCUT2D eigenvalue weighted by atomic mass is 19.4. The van der Waals surface area contributed by atoms with E-state index < -0.39 is 29.8 Å². The number of carbonyl (C=O) groups excluding carboxylic acids is 1. The SMILES string of the molecule is Cc1c(C(NC(=O)Nc2cnc(N)nc2)C(F)(F)F)oc2ccc(F)cc12. The third-order valence-electron chi connectivity index (χ3n) is 3.73. The van der Waals surface area contributed by atoms with E-state index in [1.807, 2.05) is 0 Å². The van der Waals surface area contributed by atoms with E-state index in [4.69, 9.17) is 10.2 Å². The van der Waals surface area contributed by atoms with Crippen molar-refractivity contribution in [3.05, 3.63) is 47.7 Å². The predicted octanol–water partition coefficient (Wildman–Crippen LogP) is 3.68. The molecule has 0 spiro atoms. The first-order valence-corrected chi connectivity index (χ1v) is 7.55. The number of aromatic nitrogens is 2. The number of halogens is 4. The number of nitrogens with zero attached hydrogens (tertiary/aromatic N) is 2. The number of amides is 2. The molecule has 4 N–H and O–H groups in total. The molecule has 0 fully saturated rings. The van der Waals surface area contributed by atoms with Crippen LogP contribution in [0.25, 0.3) is 11.0 Å². The molecule has 2 aromatic heterocycles.